The van der Waals surface area contributed by atoms with Crippen molar-refractivity contribution < 1.29 is 19.2 Å². The van der Waals surface area contributed by atoms with E-state index in [2.05, 4.69) is 15.7 Å². The summed E-state index contributed by atoms with van der Waals surface area (Å²) in [7, 11) is 3.93. The second kappa shape index (κ2) is 9.64. The van der Waals surface area contributed by atoms with Gasteiger partial charge in [-0.15, -0.1) is 0 Å². The number of aromatic nitrogens is 3. The Labute approximate surface area is 225 Å². The summed E-state index contributed by atoms with van der Waals surface area (Å²) in [6.07, 6.45) is 6.10. The number of imide groups is 2. The SMILES string of the molecule is CN(C)c1cccc(-c2cnn(C3CC(CNc4ccc5c(c4)C(=O)N(C4CCC(=O)NC4=O)C5=O)C3)c2)n1. The van der Waals surface area contributed by atoms with Crippen LogP contribution >= 0.6 is 0 Å². The van der Waals surface area contributed by atoms with Gasteiger partial charge in [0.05, 0.1) is 29.1 Å². The maximum absolute atomic E-state index is 13.0. The van der Waals surface area contributed by atoms with Crippen molar-refractivity contribution in [1.82, 2.24) is 25.0 Å². The smallest absolute Gasteiger partial charge is 0.262 e. The molecular weight excluding hydrogens is 498 g/mol. The van der Waals surface area contributed by atoms with Crippen LogP contribution in [0.2, 0.25) is 0 Å². The molecule has 2 aromatic heterocycles. The monoisotopic (exact) mass is 527 g/mol. The van der Waals surface area contributed by atoms with Gasteiger partial charge in [-0.25, -0.2) is 4.98 Å². The quantitative estimate of drug-likeness (QED) is 0.449. The van der Waals surface area contributed by atoms with Gasteiger partial charge in [-0.05, 0) is 55.5 Å². The average Bonchev–Trinajstić information content (AvgIpc) is 3.47. The standard InChI is InChI=1S/C28H29N7O4/c1-33(2)24-5-3-4-22(31-24)17-14-30-34(15-17)19-10-16(11-19)13-29-18-6-7-20-21(12-18)28(39)35(27(20)38)23-8-9-25(36)32-26(23)37/h3-7,12,14-16,19,23,29H,8-11,13H2,1-2H3,(H,32,36,37). The first-order chi connectivity index (χ1) is 18.8. The van der Waals surface area contributed by atoms with Crippen molar-refractivity contribution in [2.45, 2.75) is 37.8 Å². The van der Waals surface area contributed by atoms with E-state index < -0.39 is 29.7 Å². The van der Waals surface area contributed by atoms with Gasteiger partial charge in [-0.1, -0.05) is 6.07 Å². The number of hydrogen-bond acceptors (Lipinski definition) is 8. The molecule has 200 valence electrons. The summed E-state index contributed by atoms with van der Waals surface area (Å²) in [6, 6.07) is 10.4. The van der Waals surface area contributed by atoms with E-state index in [4.69, 9.17) is 4.98 Å². The van der Waals surface area contributed by atoms with E-state index in [1.165, 1.54) is 0 Å². The highest BCUT2D eigenvalue weighted by Crippen LogP contribution is 2.38. The lowest BCUT2D eigenvalue weighted by Gasteiger charge is -2.35. The number of benzene rings is 1. The molecule has 3 aromatic rings. The van der Waals surface area contributed by atoms with Crippen LogP contribution in [-0.4, -0.2) is 70.0 Å². The lowest BCUT2D eigenvalue weighted by molar-refractivity contribution is -0.136. The molecule has 1 atom stereocenters. The molecule has 3 aliphatic rings. The van der Waals surface area contributed by atoms with Gasteiger partial charge in [0.25, 0.3) is 11.8 Å². The minimum absolute atomic E-state index is 0.0966. The highest BCUT2D eigenvalue weighted by molar-refractivity contribution is 6.23. The Morgan fingerprint density at radius 3 is 2.62 bits per heavy atom. The van der Waals surface area contributed by atoms with E-state index in [1.54, 1.807) is 18.2 Å². The first-order valence-corrected chi connectivity index (χ1v) is 13.1. The molecule has 6 rings (SSSR count). The summed E-state index contributed by atoms with van der Waals surface area (Å²) < 4.78 is 2.01. The van der Waals surface area contributed by atoms with Gasteiger partial charge in [-0.2, -0.15) is 5.10 Å². The fourth-order valence-electron chi connectivity index (χ4n) is 5.43. The summed E-state index contributed by atoms with van der Waals surface area (Å²) in [4.78, 5) is 57.3. The van der Waals surface area contributed by atoms with E-state index in [0.717, 1.165) is 47.0 Å². The van der Waals surface area contributed by atoms with E-state index >= 15 is 0 Å². The molecule has 4 heterocycles. The number of rotatable bonds is 7. The van der Waals surface area contributed by atoms with Crippen molar-refractivity contribution >= 4 is 35.1 Å². The molecule has 0 radical (unpaired) electrons. The Morgan fingerprint density at radius 2 is 1.85 bits per heavy atom. The maximum Gasteiger partial charge on any atom is 0.262 e. The number of anilines is 2. The van der Waals surface area contributed by atoms with Crippen molar-refractivity contribution in [1.29, 1.82) is 0 Å². The zero-order valence-corrected chi connectivity index (χ0v) is 21.8. The molecule has 11 nitrogen and oxygen atoms in total. The molecule has 4 amide bonds. The Balaban J connectivity index is 1.05. The van der Waals surface area contributed by atoms with Crippen LogP contribution in [0, 0.1) is 5.92 Å². The summed E-state index contributed by atoms with van der Waals surface area (Å²) in [5, 5.41) is 10.2. The number of nitrogens with one attached hydrogen (secondary N) is 2. The van der Waals surface area contributed by atoms with Gasteiger partial charge in [0, 0.05) is 44.5 Å². The number of fused-ring (bicyclic) bond motifs is 1. The minimum Gasteiger partial charge on any atom is -0.385 e. The first-order valence-electron chi connectivity index (χ1n) is 13.1. The molecule has 1 saturated carbocycles. The topological polar surface area (TPSA) is 130 Å². The molecule has 2 aliphatic heterocycles. The van der Waals surface area contributed by atoms with Gasteiger partial charge in [-0.3, -0.25) is 34.1 Å². The van der Waals surface area contributed by atoms with E-state index in [-0.39, 0.29) is 24.0 Å². The molecule has 39 heavy (non-hydrogen) atoms. The lowest BCUT2D eigenvalue weighted by Crippen LogP contribution is -2.54. The second-order valence-electron chi connectivity index (χ2n) is 10.6. The molecule has 1 unspecified atom stereocenters. The molecule has 11 heteroatoms. The van der Waals surface area contributed by atoms with Crippen molar-refractivity contribution in [2.24, 2.45) is 5.92 Å². The van der Waals surface area contributed by atoms with Crippen molar-refractivity contribution in [3.05, 3.63) is 59.9 Å². The van der Waals surface area contributed by atoms with Crippen LogP contribution in [0.3, 0.4) is 0 Å². The Hall–Kier alpha value is -4.54. The molecule has 0 spiro atoms. The van der Waals surface area contributed by atoms with Crippen LogP contribution < -0.4 is 15.5 Å². The fraction of sp³-hybridized carbons (Fsp3) is 0.357. The van der Waals surface area contributed by atoms with Crippen molar-refractivity contribution in [3.63, 3.8) is 0 Å². The Bertz CT molecular complexity index is 1490. The van der Waals surface area contributed by atoms with E-state index in [0.29, 0.717) is 12.0 Å². The summed E-state index contributed by atoms with van der Waals surface area (Å²) in [5.41, 5.74) is 3.18. The molecule has 1 saturated heterocycles. The molecule has 1 aliphatic carbocycles. The largest absolute Gasteiger partial charge is 0.385 e. The number of pyridine rings is 1. The Kier molecular flexibility index (Phi) is 6.13. The van der Waals surface area contributed by atoms with Crippen LogP contribution in [0.4, 0.5) is 11.5 Å². The molecule has 2 N–H and O–H groups in total. The zero-order valence-electron chi connectivity index (χ0n) is 21.8. The predicted molar refractivity (Wildman–Crippen MR) is 143 cm³/mol. The fourth-order valence-corrected chi connectivity index (χ4v) is 5.43. The lowest BCUT2D eigenvalue weighted by atomic mass is 9.80. The number of nitrogens with zero attached hydrogens (tertiary/aromatic N) is 5. The third-order valence-electron chi connectivity index (χ3n) is 7.71. The third-order valence-corrected chi connectivity index (χ3v) is 7.71. The van der Waals surface area contributed by atoms with Gasteiger partial charge in [0.2, 0.25) is 11.8 Å². The number of carbonyl (C=O) groups excluding carboxylic acids is 4. The normalized spacial score (nSPS) is 22.4. The maximum atomic E-state index is 13.0. The van der Waals surface area contributed by atoms with Gasteiger partial charge >= 0.3 is 0 Å². The van der Waals surface area contributed by atoms with Crippen LogP contribution in [-0.2, 0) is 9.59 Å². The number of amides is 4. The van der Waals surface area contributed by atoms with Crippen molar-refractivity contribution in [3.8, 4) is 11.3 Å². The zero-order chi connectivity index (χ0) is 27.3. The molecular formula is C28H29N7O4. The third kappa shape index (κ3) is 4.53. The highest BCUT2D eigenvalue weighted by atomic mass is 16.2. The van der Waals surface area contributed by atoms with E-state index in [9.17, 15) is 19.2 Å². The van der Waals surface area contributed by atoms with Gasteiger partial charge in [0.1, 0.15) is 11.9 Å². The van der Waals surface area contributed by atoms with Crippen LogP contribution in [0.5, 0.6) is 0 Å². The number of piperidine rings is 1. The van der Waals surface area contributed by atoms with Gasteiger partial charge in [0.15, 0.2) is 0 Å². The summed E-state index contributed by atoms with van der Waals surface area (Å²) in [5.74, 6) is -0.657. The van der Waals surface area contributed by atoms with Crippen LogP contribution in [0.15, 0.2) is 48.8 Å². The molecule has 2 fully saturated rings. The molecule has 1 aromatic carbocycles. The van der Waals surface area contributed by atoms with Crippen molar-refractivity contribution in [2.75, 3.05) is 30.9 Å². The highest BCUT2D eigenvalue weighted by Gasteiger charge is 2.44. The minimum atomic E-state index is -0.964. The van der Waals surface area contributed by atoms with Crippen LogP contribution in [0.25, 0.3) is 11.3 Å². The second-order valence-corrected chi connectivity index (χ2v) is 10.6. The van der Waals surface area contributed by atoms with Crippen LogP contribution in [0.1, 0.15) is 52.4 Å². The summed E-state index contributed by atoms with van der Waals surface area (Å²) >= 11 is 0. The number of carbonyl (C=O) groups is 4. The number of hydrogen-bond donors (Lipinski definition) is 2. The van der Waals surface area contributed by atoms with Gasteiger partial charge < -0.3 is 10.2 Å². The Morgan fingerprint density at radius 1 is 1.05 bits per heavy atom. The molecule has 0 bridgehead atoms. The average molecular weight is 528 g/mol. The predicted octanol–water partition coefficient (Wildman–Crippen LogP) is 2.48. The summed E-state index contributed by atoms with van der Waals surface area (Å²) in [6.45, 7) is 0.731. The van der Waals surface area contributed by atoms with E-state index in [1.807, 2.05) is 54.3 Å². The first kappa shape index (κ1) is 24.8.